The zero-order valence-corrected chi connectivity index (χ0v) is 14.7. The van der Waals surface area contributed by atoms with E-state index in [1.54, 1.807) is 6.26 Å². The molecular formula is C18H22ClN3O2. The number of hydrogen-bond acceptors (Lipinski definition) is 4. The topological polar surface area (TPSA) is 53.9 Å². The van der Waals surface area contributed by atoms with Gasteiger partial charge in [0.05, 0.1) is 35.8 Å². The Bertz CT molecular complexity index is 794. The van der Waals surface area contributed by atoms with Gasteiger partial charge in [0.15, 0.2) is 0 Å². The smallest absolute Gasteiger partial charge is 0.137 e. The van der Waals surface area contributed by atoms with Crippen molar-refractivity contribution in [2.75, 3.05) is 6.61 Å². The van der Waals surface area contributed by atoms with Crippen LogP contribution in [0.5, 0.6) is 0 Å². The van der Waals surface area contributed by atoms with Crippen LogP contribution in [0.25, 0.3) is 5.65 Å². The normalized spacial score (nSPS) is 13.0. The molecule has 3 heterocycles. The summed E-state index contributed by atoms with van der Waals surface area (Å²) >= 11 is 6.15. The van der Waals surface area contributed by atoms with Crippen LogP contribution >= 0.6 is 11.6 Å². The molecule has 24 heavy (non-hydrogen) atoms. The molecule has 0 unspecified atom stereocenters. The van der Waals surface area contributed by atoms with Crippen LogP contribution in [0, 0.1) is 6.92 Å². The minimum Gasteiger partial charge on any atom is -0.468 e. The van der Waals surface area contributed by atoms with Gasteiger partial charge in [-0.25, -0.2) is 4.98 Å². The second kappa shape index (κ2) is 7.38. The summed E-state index contributed by atoms with van der Waals surface area (Å²) < 4.78 is 7.52. The van der Waals surface area contributed by atoms with Crippen LogP contribution in [0.1, 0.15) is 30.5 Å². The minimum absolute atomic E-state index is 0.0548. The molecule has 3 aromatic heterocycles. The fourth-order valence-electron chi connectivity index (χ4n) is 2.99. The lowest BCUT2D eigenvalue weighted by atomic mass is 10.1. The van der Waals surface area contributed by atoms with Crippen molar-refractivity contribution in [1.82, 2.24) is 14.3 Å². The zero-order chi connectivity index (χ0) is 17.1. The maximum atomic E-state index is 9.76. The van der Waals surface area contributed by atoms with Crippen LogP contribution in [0.3, 0.4) is 0 Å². The Labute approximate surface area is 146 Å². The first-order valence-electron chi connectivity index (χ1n) is 8.12. The van der Waals surface area contributed by atoms with E-state index in [9.17, 15) is 5.11 Å². The molecule has 6 heteroatoms. The molecular weight excluding hydrogens is 326 g/mol. The minimum atomic E-state index is 0.0548. The molecule has 0 bridgehead atoms. The average Bonchev–Trinajstić information content (AvgIpc) is 3.17. The second-order valence-electron chi connectivity index (χ2n) is 5.95. The summed E-state index contributed by atoms with van der Waals surface area (Å²) in [7, 11) is 0. The maximum absolute atomic E-state index is 9.76. The second-order valence-corrected chi connectivity index (χ2v) is 6.38. The predicted octanol–water partition coefficient (Wildman–Crippen LogP) is 3.66. The van der Waals surface area contributed by atoms with Crippen LogP contribution < -0.4 is 0 Å². The number of aryl methyl sites for hydroxylation is 1. The number of rotatable bonds is 7. The molecule has 1 atom stereocenters. The number of aliphatic hydroxyl groups excluding tert-OH is 1. The molecule has 5 nitrogen and oxygen atoms in total. The third-order valence-corrected chi connectivity index (χ3v) is 4.60. The molecule has 0 aliphatic rings. The Morgan fingerprint density at radius 2 is 2.17 bits per heavy atom. The van der Waals surface area contributed by atoms with Gasteiger partial charge in [0, 0.05) is 18.8 Å². The number of pyridine rings is 1. The van der Waals surface area contributed by atoms with Crippen molar-refractivity contribution < 1.29 is 9.52 Å². The Morgan fingerprint density at radius 1 is 1.33 bits per heavy atom. The Kier molecular flexibility index (Phi) is 5.23. The molecule has 0 aliphatic carbocycles. The van der Waals surface area contributed by atoms with Crippen molar-refractivity contribution in [2.45, 2.75) is 39.4 Å². The standard InChI is InChI=1S/C18H22ClN3O2/c1-3-15(12-23)21(10-16-5-4-8-24-16)11-17-13(2)20-18-7-6-14(19)9-22(17)18/h4-9,15,23H,3,10-12H2,1-2H3/t15-/m1/s1. The zero-order valence-electron chi connectivity index (χ0n) is 13.9. The van der Waals surface area contributed by atoms with Crippen molar-refractivity contribution >= 4 is 17.2 Å². The monoisotopic (exact) mass is 347 g/mol. The van der Waals surface area contributed by atoms with Crippen molar-refractivity contribution in [2.24, 2.45) is 0 Å². The molecule has 128 valence electrons. The van der Waals surface area contributed by atoms with Crippen molar-refractivity contribution in [3.63, 3.8) is 0 Å². The summed E-state index contributed by atoms with van der Waals surface area (Å²) in [5, 5.41) is 10.4. The van der Waals surface area contributed by atoms with Crippen LogP contribution in [-0.4, -0.2) is 32.0 Å². The lowest BCUT2D eigenvalue weighted by Crippen LogP contribution is -2.37. The number of aliphatic hydroxyl groups is 1. The van der Waals surface area contributed by atoms with E-state index < -0.39 is 0 Å². The summed E-state index contributed by atoms with van der Waals surface area (Å²) in [4.78, 5) is 6.83. The van der Waals surface area contributed by atoms with Crippen LogP contribution in [0.4, 0.5) is 0 Å². The van der Waals surface area contributed by atoms with Gasteiger partial charge >= 0.3 is 0 Å². The number of hydrogen-bond donors (Lipinski definition) is 1. The number of nitrogens with zero attached hydrogens (tertiary/aromatic N) is 3. The predicted molar refractivity (Wildman–Crippen MR) is 94.1 cm³/mol. The lowest BCUT2D eigenvalue weighted by molar-refractivity contribution is 0.0983. The summed E-state index contributed by atoms with van der Waals surface area (Å²) in [6.07, 6.45) is 4.41. The van der Waals surface area contributed by atoms with Gasteiger partial charge in [-0.05, 0) is 37.6 Å². The van der Waals surface area contributed by atoms with Gasteiger partial charge < -0.3 is 13.9 Å². The lowest BCUT2D eigenvalue weighted by Gasteiger charge is -2.29. The molecule has 0 fully saturated rings. The van der Waals surface area contributed by atoms with Gasteiger partial charge in [0.1, 0.15) is 11.4 Å². The maximum Gasteiger partial charge on any atom is 0.137 e. The first kappa shape index (κ1) is 17.0. The van der Waals surface area contributed by atoms with Crippen molar-refractivity contribution in [1.29, 1.82) is 0 Å². The summed E-state index contributed by atoms with van der Waals surface area (Å²) in [5.74, 6) is 0.881. The first-order chi connectivity index (χ1) is 11.6. The fourth-order valence-corrected chi connectivity index (χ4v) is 3.15. The van der Waals surface area contributed by atoms with Gasteiger partial charge in [0.2, 0.25) is 0 Å². The van der Waals surface area contributed by atoms with E-state index in [1.165, 1.54) is 0 Å². The number of aromatic nitrogens is 2. The molecule has 0 saturated heterocycles. The largest absolute Gasteiger partial charge is 0.468 e. The fraction of sp³-hybridized carbons (Fsp3) is 0.389. The van der Waals surface area contributed by atoms with E-state index in [0.717, 1.165) is 29.2 Å². The van der Waals surface area contributed by atoms with Crippen LogP contribution in [0.15, 0.2) is 41.1 Å². The van der Waals surface area contributed by atoms with Crippen LogP contribution in [-0.2, 0) is 13.1 Å². The van der Waals surface area contributed by atoms with E-state index in [4.69, 9.17) is 16.0 Å². The third kappa shape index (κ3) is 3.48. The van der Waals surface area contributed by atoms with E-state index in [1.807, 2.05) is 41.8 Å². The molecule has 0 saturated carbocycles. The summed E-state index contributed by atoms with van der Waals surface area (Å²) in [6, 6.07) is 7.65. The van der Waals surface area contributed by atoms with Gasteiger partial charge in [-0.15, -0.1) is 0 Å². The molecule has 0 radical (unpaired) electrons. The van der Waals surface area contributed by atoms with Gasteiger partial charge in [-0.3, -0.25) is 4.90 Å². The highest BCUT2D eigenvalue weighted by Gasteiger charge is 2.21. The Morgan fingerprint density at radius 3 is 2.83 bits per heavy atom. The molecule has 0 aromatic carbocycles. The van der Waals surface area contributed by atoms with Gasteiger partial charge in [-0.1, -0.05) is 18.5 Å². The first-order valence-corrected chi connectivity index (χ1v) is 8.50. The van der Waals surface area contributed by atoms with E-state index in [0.29, 0.717) is 18.1 Å². The van der Waals surface area contributed by atoms with Crippen LogP contribution in [0.2, 0.25) is 5.02 Å². The molecule has 1 N–H and O–H groups in total. The third-order valence-electron chi connectivity index (χ3n) is 4.37. The van der Waals surface area contributed by atoms with Gasteiger partial charge in [-0.2, -0.15) is 0 Å². The van der Waals surface area contributed by atoms with E-state index >= 15 is 0 Å². The molecule has 0 spiro atoms. The summed E-state index contributed by atoms with van der Waals surface area (Å²) in [6.45, 7) is 5.48. The number of halogens is 1. The van der Waals surface area contributed by atoms with E-state index in [2.05, 4.69) is 16.8 Å². The molecule has 3 rings (SSSR count). The average molecular weight is 348 g/mol. The van der Waals surface area contributed by atoms with Gasteiger partial charge in [0.25, 0.3) is 0 Å². The molecule has 3 aromatic rings. The highest BCUT2D eigenvalue weighted by atomic mass is 35.5. The quantitative estimate of drug-likeness (QED) is 0.708. The number of furan rings is 1. The van der Waals surface area contributed by atoms with E-state index in [-0.39, 0.29) is 12.6 Å². The van der Waals surface area contributed by atoms with Crippen molar-refractivity contribution in [3.8, 4) is 0 Å². The number of fused-ring (bicyclic) bond motifs is 1. The highest BCUT2D eigenvalue weighted by Crippen LogP contribution is 2.21. The Balaban J connectivity index is 1.94. The number of imidazole rings is 1. The SMILES string of the molecule is CC[C@H](CO)N(Cc1ccco1)Cc1c(C)nc2ccc(Cl)cn12. The molecule has 0 aliphatic heterocycles. The highest BCUT2D eigenvalue weighted by molar-refractivity contribution is 6.30. The Hall–Kier alpha value is -1.82. The van der Waals surface area contributed by atoms with Crippen molar-refractivity contribution in [3.05, 3.63) is 58.9 Å². The summed E-state index contributed by atoms with van der Waals surface area (Å²) in [5.41, 5.74) is 2.92. The molecule has 0 amide bonds.